The molecule has 2 aromatic rings. The summed E-state index contributed by atoms with van der Waals surface area (Å²) in [5.41, 5.74) is 1.84. The van der Waals surface area contributed by atoms with Crippen LogP contribution in [0, 0.1) is 10.1 Å². The first-order valence-electron chi connectivity index (χ1n) is 8.13. The number of benzene rings is 2. The highest BCUT2D eigenvalue weighted by atomic mass is 35.5. The van der Waals surface area contributed by atoms with Crippen molar-refractivity contribution in [3.8, 4) is 0 Å². The Morgan fingerprint density at radius 1 is 1.12 bits per heavy atom. The Morgan fingerprint density at radius 3 is 2.42 bits per heavy atom. The zero-order valence-corrected chi connectivity index (χ0v) is 14.7. The van der Waals surface area contributed by atoms with Gasteiger partial charge >= 0.3 is 0 Å². The molecule has 0 saturated carbocycles. The molecule has 0 atom stereocenters. The summed E-state index contributed by atoms with van der Waals surface area (Å²) in [6, 6.07) is 11.8. The van der Waals surface area contributed by atoms with Crippen LogP contribution in [0.4, 0.5) is 11.4 Å². The van der Waals surface area contributed by atoms with Gasteiger partial charge in [0.2, 0.25) is 5.91 Å². The van der Waals surface area contributed by atoms with E-state index in [-0.39, 0.29) is 24.7 Å². The van der Waals surface area contributed by atoms with Gasteiger partial charge in [-0.05, 0) is 35.4 Å². The second kappa shape index (κ2) is 7.72. The van der Waals surface area contributed by atoms with Crippen LogP contribution in [0.25, 0.3) is 0 Å². The largest absolute Gasteiger partial charge is 0.392 e. The van der Waals surface area contributed by atoms with Gasteiger partial charge in [0.1, 0.15) is 5.69 Å². The zero-order chi connectivity index (χ0) is 18.7. The highest BCUT2D eigenvalue weighted by Gasteiger charge is 2.28. The van der Waals surface area contributed by atoms with Gasteiger partial charge in [-0.2, -0.15) is 0 Å². The van der Waals surface area contributed by atoms with Crippen LogP contribution in [0.15, 0.2) is 42.5 Å². The lowest BCUT2D eigenvalue weighted by atomic mass is 10.1. The monoisotopic (exact) mass is 375 g/mol. The maximum Gasteiger partial charge on any atom is 0.292 e. The number of carbonyl (C=O) groups is 1. The van der Waals surface area contributed by atoms with E-state index < -0.39 is 4.92 Å². The van der Waals surface area contributed by atoms with Crippen molar-refractivity contribution in [2.75, 3.05) is 24.5 Å². The summed E-state index contributed by atoms with van der Waals surface area (Å²) in [5, 5.41) is 21.2. The number of halogens is 1. The van der Waals surface area contributed by atoms with Crippen molar-refractivity contribution in [1.82, 2.24) is 4.90 Å². The minimum Gasteiger partial charge on any atom is -0.392 e. The molecule has 26 heavy (non-hydrogen) atoms. The van der Waals surface area contributed by atoms with E-state index in [1.807, 2.05) is 12.1 Å². The van der Waals surface area contributed by atoms with Gasteiger partial charge in [0.15, 0.2) is 0 Å². The predicted octanol–water partition coefficient (Wildman–Crippen LogP) is 2.59. The first-order chi connectivity index (χ1) is 12.5. The molecule has 0 radical (unpaired) electrons. The highest BCUT2D eigenvalue weighted by Crippen LogP contribution is 2.30. The SMILES string of the molecule is O=C1CN(c2cc(CO)ccc2[N+](=O)[O-])CCN1Cc1ccc(Cl)cc1. The maximum absolute atomic E-state index is 12.5. The van der Waals surface area contributed by atoms with Gasteiger partial charge in [0.25, 0.3) is 5.69 Å². The Labute approximate surface area is 155 Å². The van der Waals surface area contributed by atoms with E-state index in [2.05, 4.69) is 0 Å². The maximum atomic E-state index is 12.5. The van der Waals surface area contributed by atoms with Crippen molar-refractivity contribution < 1.29 is 14.8 Å². The minimum atomic E-state index is -0.471. The number of aliphatic hydroxyl groups is 1. The Bertz CT molecular complexity index is 826. The summed E-state index contributed by atoms with van der Waals surface area (Å²) >= 11 is 5.88. The molecular weight excluding hydrogens is 358 g/mol. The molecule has 0 aliphatic carbocycles. The number of anilines is 1. The van der Waals surface area contributed by atoms with Crippen molar-refractivity contribution in [2.24, 2.45) is 0 Å². The topological polar surface area (TPSA) is 86.9 Å². The molecule has 0 unspecified atom stereocenters. The van der Waals surface area contributed by atoms with Crippen molar-refractivity contribution in [3.63, 3.8) is 0 Å². The third kappa shape index (κ3) is 3.95. The van der Waals surface area contributed by atoms with Gasteiger partial charge in [0.05, 0.1) is 18.1 Å². The fourth-order valence-electron chi connectivity index (χ4n) is 2.97. The number of nitrogens with zero attached hydrogens (tertiary/aromatic N) is 3. The summed E-state index contributed by atoms with van der Waals surface area (Å²) in [7, 11) is 0. The molecule has 1 saturated heterocycles. The molecule has 1 heterocycles. The molecule has 3 rings (SSSR count). The Balaban J connectivity index is 1.75. The lowest BCUT2D eigenvalue weighted by molar-refractivity contribution is -0.384. The van der Waals surface area contributed by atoms with Crippen LogP contribution in [-0.4, -0.2) is 40.5 Å². The van der Waals surface area contributed by atoms with Crippen molar-refractivity contribution >= 4 is 28.9 Å². The second-order valence-electron chi connectivity index (χ2n) is 6.10. The Kier molecular flexibility index (Phi) is 5.39. The summed E-state index contributed by atoms with van der Waals surface area (Å²) < 4.78 is 0. The fourth-order valence-corrected chi connectivity index (χ4v) is 3.09. The quantitative estimate of drug-likeness (QED) is 0.641. The molecule has 1 fully saturated rings. The number of aliphatic hydroxyl groups excluding tert-OH is 1. The van der Waals surface area contributed by atoms with Crippen LogP contribution in [0.1, 0.15) is 11.1 Å². The summed E-state index contributed by atoms with van der Waals surface area (Å²) in [6.45, 7) is 1.26. The third-order valence-corrected chi connectivity index (χ3v) is 4.62. The molecule has 7 nitrogen and oxygen atoms in total. The molecule has 0 bridgehead atoms. The molecular formula is C18H18ClN3O4. The summed E-state index contributed by atoms with van der Waals surface area (Å²) in [5.74, 6) is -0.102. The van der Waals surface area contributed by atoms with E-state index in [1.54, 1.807) is 28.0 Å². The second-order valence-corrected chi connectivity index (χ2v) is 6.54. The smallest absolute Gasteiger partial charge is 0.292 e. The number of hydrogen-bond acceptors (Lipinski definition) is 5. The van der Waals surface area contributed by atoms with Crippen LogP contribution in [-0.2, 0) is 17.9 Å². The Morgan fingerprint density at radius 2 is 1.81 bits per heavy atom. The van der Waals surface area contributed by atoms with E-state index >= 15 is 0 Å². The van der Waals surface area contributed by atoms with E-state index in [0.29, 0.717) is 35.9 Å². The van der Waals surface area contributed by atoms with Gasteiger partial charge < -0.3 is 14.9 Å². The normalized spacial score (nSPS) is 14.6. The number of piperazine rings is 1. The molecule has 136 valence electrons. The van der Waals surface area contributed by atoms with Crippen LogP contribution in [0.2, 0.25) is 5.02 Å². The van der Waals surface area contributed by atoms with Gasteiger partial charge in [-0.15, -0.1) is 0 Å². The average Bonchev–Trinajstić information content (AvgIpc) is 2.64. The van der Waals surface area contributed by atoms with Gasteiger partial charge in [-0.1, -0.05) is 23.7 Å². The molecule has 0 spiro atoms. The van der Waals surface area contributed by atoms with Gasteiger partial charge in [0, 0.05) is 30.7 Å². The number of hydrogen-bond donors (Lipinski definition) is 1. The molecule has 1 N–H and O–H groups in total. The third-order valence-electron chi connectivity index (χ3n) is 4.37. The first kappa shape index (κ1) is 18.2. The minimum absolute atomic E-state index is 0.0588. The van der Waals surface area contributed by atoms with E-state index in [0.717, 1.165) is 5.56 Å². The number of nitro groups is 1. The fraction of sp³-hybridized carbons (Fsp3) is 0.278. The lowest BCUT2D eigenvalue weighted by Gasteiger charge is -2.35. The van der Waals surface area contributed by atoms with Crippen LogP contribution >= 0.6 is 11.6 Å². The molecule has 0 aromatic heterocycles. The van der Waals surface area contributed by atoms with Gasteiger partial charge in [-0.3, -0.25) is 14.9 Å². The number of nitro benzene ring substituents is 1. The van der Waals surface area contributed by atoms with E-state index in [1.165, 1.54) is 12.1 Å². The molecule has 1 amide bonds. The Hall–Kier alpha value is -2.64. The van der Waals surface area contributed by atoms with Crippen molar-refractivity contribution in [1.29, 1.82) is 0 Å². The van der Waals surface area contributed by atoms with Crippen LogP contribution in [0.5, 0.6) is 0 Å². The average molecular weight is 376 g/mol. The first-order valence-corrected chi connectivity index (χ1v) is 8.51. The number of carbonyl (C=O) groups excluding carboxylic acids is 1. The zero-order valence-electron chi connectivity index (χ0n) is 14.0. The van der Waals surface area contributed by atoms with E-state index in [4.69, 9.17) is 11.6 Å². The molecule has 2 aromatic carbocycles. The standard InChI is InChI=1S/C18H18ClN3O4/c19-15-4-1-13(2-5-15)10-21-8-7-20(11-18(21)24)17-9-14(12-23)3-6-16(17)22(25)26/h1-6,9,23H,7-8,10-12H2. The van der Waals surface area contributed by atoms with Crippen LogP contribution < -0.4 is 4.90 Å². The summed E-state index contributed by atoms with van der Waals surface area (Å²) in [4.78, 5) is 26.8. The van der Waals surface area contributed by atoms with Crippen molar-refractivity contribution in [2.45, 2.75) is 13.2 Å². The number of amides is 1. The van der Waals surface area contributed by atoms with Crippen LogP contribution in [0.3, 0.4) is 0 Å². The predicted molar refractivity (Wildman–Crippen MR) is 98.1 cm³/mol. The van der Waals surface area contributed by atoms with E-state index in [9.17, 15) is 20.0 Å². The van der Waals surface area contributed by atoms with Gasteiger partial charge in [-0.25, -0.2) is 0 Å². The molecule has 1 aliphatic heterocycles. The molecule has 8 heteroatoms. The number of rotatable bonds is 5. The molecule has 1 aliphatic rings. The lowest BCUT2D eigenvalue weighted by Crippen LogP contribution is -2.50. The van der Waals surface area contributed by atoms with Crippen molar-refractivity contribution in [3.05, 3.63) is 68.7 Å². The highest BCUT2D eigenvalue weighted by molar-refractivity contribution is 6.30. The summed E-state index contributed by atoms with van der Waals surface area (Å²) in [6.07, 6.45) is 0.